The Kier molecular flexibility index (Phi) is 6.32. The van der Waals surface area contributed by atoms with Crippen molar-refractivity contribution in [2.24, 2.45) is 0 Å². The summed E-state index contributed by atoms with van der Waals surface area (Å²) in [6.45, 7) is 4.22. The molecule has 0 radical (unpaired) electrons. The molecule has 0 saturated carbocycles. The highest BCUT2D eigenvalue weighted by Crippen LogP contribution is 2.23. The molecule has 4 nitrogen and oxygen atoms in total. The van der Waals surface area contributed by atoms with Crippen molar-refractivity contribution in [3.05, 3.63) is 58.6 Å². The normalized spacial score (nSPS) is 11.8. The van der Waals surface area contributed by atoms with Gasteiger partial charge in [0.15, 0.2) is 6.10 Å². The maximum atomic E-state index is 12.6. The number of halogens is 1. The number of carbonyl (C=O) groups excluding carboxylic acids is 1. The predicted octanol–water partition coefficient (Wildman–Crippen LogP) is 4.14. The number of aryl methyl sites for hydroxylation is 1. The number of anilines is 1. The number of likely N-dealkylation sites (N-methyl/N-ethyl adjacent to an activating group) is 1. The molecular weight excluding hydrogens is 336 g/mol. The van der Waals surface area contributed by atoms with Crippen LogP contribution >= 0.6 is 11.6 Å². The van der Waals surface area contributed by atoms with Crippen molar-refractivity contribution in [2.45, 2.75) is 26.5 Å². The quantitative estimate of drug-likeness (QED) is 0.776. The average Bonchev–Trinajstić information content (AvgIpc) is 2.57. The number of benzene rings is 2. The van der Waals surface area contributed by atoms with Gasteiger partial charge in [-0.25, -0.2) is 0 Å². The summed E-state index contributed by atoms with van der Waals surface area (Å²) in [7, 11) is 5.79. The van der Waals surface area contributed by atoms with Gasteiger partial charge in [-0.3, -0.25) is 4.79 Å². The molecule has 0 fully saturated rings. The SMILES string of the molecule is Cc1cc(Cl)ccc1OC(C)C(=O)N(C)Cc1ccc(N(C)C)cc1. The van der Waals surface area contributed by atoms with E-state index < -0.39 is 6.10 Å². The van der Waals surface area contributed by atoms with Crippen molar-refractivity contribution in [1.29, 1.82) is 0 Å². The van der Waals surface area contributed by atoms with E-state index in [1.807, 2.05) is 56.3 Å². The number of hydrogen-bond donors (Lipinski definition) is 0. The Bertz CT molecular complexity index is 729. The van der Waals surface area contributed by atoms with Crippen LogP contribution in [0.2, 0.25) is 5.02 Å². The van der Waals surface area contributed by atoms with E-state index in [1.54, 1.807) is 31.0 Å². The van der Waals surface area contributed by atoms with Crippen LogP contribution in [0.3, 0.4) is 0 Å². The number of rotatable bonds is 6. The van der Waals surface area contributed by atoms with Crippen LogP contribution in [0.4, 0.5) is 5.69 Å². The number of nitrogens with zero attached hydrogens (tertiary/aromatic N) is 2. The Morgan fingerprint density at radius 3 is 2.32 bits per heavy atom. The van der Waals surface area contributed by atoms with Gasteiger partial charge in [-0.1, -0.05) is 23.7 Å². The summed E-state index contributed by atoms with van der Waals surface area (Å²) < 4.78 is 5.81. The molecule has 25 heavy (non-hydrogen) atoms. The topological polar surface area (TPSA) is 32.8 Å². The zero-order chi connectivity index (χ0) is 18.6. The molecule has 0 aliphatic carbocycles. The van der Waals surface area contributed by atoms with Crippen LogP contribution in [0.15, 0.2) is 42.5 Å². The zero-order valence-corrected chi connectivity index (χ0v) is 16.2. The fourth-order valence-corrected chi connectivity index (χ4v) is 2.77. The molecule has 2 rings (SSSR count). The maximum absolute atomic E-state index is 12.6. The van der Waals surface area contributed by atoms with Crippen molar-refractivity contribution in [2.75, 3.05) is 26.0 Å². The highest BCUT2D eigenvalue weighted by Gasteiger charge is 2.20. The first-order valence-electron chi connectivity index (χ1n) is 8.22. The molecule has 0 aromatic heterocycles. The minimum absolute atomic E-state index is 0.0639. The molecule has 1 atom stereocenters. The summed E-state index contributed by atoms with van der Waals surface area (Å²) in [5, 5.41) is 0.655. The highest BCUT2D eigenvalue weighted by molar-refractivity contribution is 6.30. The van der Waals surface area contributed by atoms with Gasteiger partial charge in [-0.05, 0) is 55.3 Å². The van der Waals surface area contributed by atoms with Gasteiger partial charge in [0.2, 0.25) is 0 Å². The third kappa shape index (κ3) is 5.13. The van der Waals surface area contributed by atoms with Crippen molar-refractivity contribution < 1.29 is 9.53 Å². The van der Waals surface area contributed by atoms with Gasteiger partial charge >= 0.3 is 0 Å². The summed E-state index contributed by atoms with van der Waals surface area (Å²) >= 11 is 5.95. The fourth-order valence-electron chi connectivity index (χ4n) is 2.55. The second-order valence-corrected chi connectivity index (χ2v) is 6.86. The summed E-state index contributed by atoms with van der Waals surface area (Å²) in [6.07, 6.45) is -0.564. The molecule has 0 spiro atoms. The number of amides is 1. The van der Waals surface area contributed by atoms with E-state index in [0.29, 0.717) is 17.3 Å². The fraction of sp³-hybridized carbons (Fsp3) is 0.350. The van der Waals surface area contributed by atoms with E-state index in [1.165, 1.54) is 0 Å². The van der Waals surface area contributed by atoms with Gasteiger partial charge in [0.05, 0.1) is 0 Å². The Balaban J connectivity index is 1.98. The molecule has 2 aromatic carbocycles. The Morgan fingerprint density at radius 2 is 1.76 bits per heavy atom. The van der Waals surface area contributed by atoms with Crippen molar-refractivity contribution >= 4 is 23.2 Å². The molecule has 1 amide bonds. The van der Waals surface area contributed by atoms with Gasteiger partial charge in [-0.15, -0.1) is 0 Å². The first kappa shape index (κ1) is 19.1. The maximum Gasteiger partial charge on any atom is 0.263 e. The Labute approximate surface area is 155 Å². The second-order valence-electron chi connectivity index (χ2n) is 6.43. The van der Waals surface area contributed by atoms with Crippen LogP contribution in [0.5, 0.6) is 5.75 Å². The summed E-state index contributed by atoms with van der Waals surface area (Å²) in [5.74, 6) is 0.611. The molecule has 0 heterocycles. The summed E-state index contributed by atoms with van der Waals surface area (Å²) in [5.41, 5.74) is 3.12. The van der Waals surface area contributed by atoms with Crippen molar-refractivity contribution in [1.82, 2.24) is 4.90 Å². The molecule has 1 unspecified atom stereocenters. The van der Waals surface area contributed by atoms with E-state index >= 15 is 0 Å². The van der Waals surface area contributed by atoms with Crippen molar-refractivity contribution in [3.63, 3.8) is 0 Å². The molecule has 2 aromatic rings. The molecule has 5 heteroatoms. The summed E-state index contributed by atoms with van der Waals surface area (Å²) in [6, 6.07) is 13.5. The van der Waals surface area contributed by atoms with E-state index in [0.717, 1.165) is 16.8 Å². The summed E-state index contributed by atoms with van der Waals surface area (Å²) in [4.78, 5) is 16.3. The van der Waals surface area contributed by atoms with Crippen molar-refractivity contribution in [3.8, 4) is 5.75 Å². The van der Waals surface area contributed by atoms with Gasteiger partial charge in [0.1, 0.15) is 5.75 Å². The monoisotopic (exact) mass is 360 g/mol. The van der Waals surface area contributed by atoms with Crippen LogP contribution in [0.25, 0.3) is 0 Å². The lowest BCUT2D eigenvalue weighted by molar-refractivity contribution is -0.137. The third-order valence-electron chi connectivity index (χ3n) is 4.04. The van der Waals surface area contributed by atoms with E-state index in [-0.39, 0.29) is 5.91 Å². The average molecular weight is 361 g/mol. The zero-order valence-electron chi connectivity index (χ0n) is 15.4. The lowest BCUT2D eigenvalue weighted by Crippen LogP contribution is -2.37. The highest BCUT2D eigenvalue weighted by atomic mass is 35.5. The first-order chi connectivity index (χ1) is 11.8. The lowest BCUT2D eigenvalue weighted by atomic mass is 10.2. The lowest BCUT2D eigenvalue weighted by Gasteiger charge is -2.23. The second kappa shape index (κ2) is 8.26. The van der Waals surface area contributed by atoms with E-state index in [2.05, 4.69) is 0 Å². The molecule has 0 bridgehead atoms. The molecule has 0 aliphatic rings. The van der Waals surface area contributed by atoms with Crippen LogP contribution in [-0.4, -0.2) is 38.1 Å². The first-order valence-corrected chi connectivity index (χ1v) is 8.59. The standard InChI is InChI=1S/C20H25ClN2O2/c1-14-12-17(21)8-11-19(14)25-15(2)20(24)23(5)13-16-6-9-18(10-7-16)22(3)4/h6-12,15H,13H2,1-5H3. The predicted molar refractivity (Wildman–Crippen MR) is 104 cm³/mol. The third-order valence-corrected chi connectivity index (χ3v) is 4.27. The van der Waals surface area contributed by atoms with Crippen LogP contribution in [0, 0.1) is 6.92 Å². The van der Waals surface area contributed by atoms with Crippen LogP contribution < -0.4 is 9.64 Å². The van der Waals surface area contributed by atoms with E-state index in [4.69, 9.17) is 16.3 Å². The molecule has 0 aliphatic heterocycles. The minimum atomic E-state index is -0.564. The number of ether oxygens (including phenoxy) is 1. The van der Waals surface area contributed by atoms with Gasteiger partial charge < -0.3 is 14.5 Å². The largest absolute Gasteiger partial charge is 0.481 e. The number of hydrogen-bond acceptors (Lipinski definition) is 3. The smallest absolute Gasteiger partial charge is 0.263 e. The molecular formula is C20H25ClN2O2. The van der Waals surface area contributed by atoms with Crippen LogP contribution in [0.1, 0.15) is 18.1 Å². The Morgan fingerprint density at radius 1 is 1.12 bits per heavy atom. The Hall–Kier alpha value is -2.20. The molecule has 134 valence electrons. The van der Waals surface area contributed by atoms with Gasteiger partial charge in [0, 0.05) is 38.4 Å². The van der Waals surface area contributed by atoms with Gasteiger partial charge in [0.25, 0.3) is 5.91 Å². The number of carbonyl (C=O) groups is 1. The van der Waals surface area contributed by atoms with Crippen LogP contribution in [-0.2, 0) is 11.3 Å². The minimum Gasteiger partial charge on any atom is -0.481 e. The van der Waals surface area contributed by atoms with E-state index in [9.17, 15) is 4.79 Å². The molecule has 0 saturated heterocycles. The van der Waals surface area contributed by atoms with Gasteiger partial charge in [-0.2, -0.15) is 0 Å². The molecule has 0 N–H and O–H groups in total.